The maximum atomic E-state index is 2.44. The third-order valence-electron chi connectivity index (χ3n) is 8.76. The second kappa shape index (κ2) is 30.1. The van der Waals surface area contributed by atoms with Crippen molar-refractivity contribution in [3.05, 3.63) is 30.1 Å². The van der Waals surface area contributed by atoms with Crippen molar-refractivity contribution in [1.82, 2.24) is 0 Å². The molecule has 1 aromatic heterocycles. The van der Waals surface area contributed by atoms with Crippen LogP contribution in [0.4, 0.5) is 0 Å². The van der Waals surface area contributed by atoms with Crippen LogP contribution < -0.4 is 4.57 Å². The summed E-state index contributed by atoms with van der Waals surface area (Å²) in [6, 6.07) is 4.61. The normalized spacial score (nSPS) is 11.4. The molecule has 0 aliphatic rings. The summed E-state index contributed by atoms with van der Waals surface area (Å²) in [5.74, 6) is 0. The first-order chi connectivity index (χ1) is 19.4. The molecule has 0 unspecified atom stereocenters. The number of hydrogen-bond donors (Lipinski definition) is 0. The second-order valence-corrected chi connectivity index (χ2v) is 12.7. The Morgan fingerprint density at radius 3 is 1.13 bits per heavy atom. The lowest BCUT2D eigenvalue weighted by Crippen LogP contribution is -2.33. The molecule has 1 nitrogen and oxygen atoms in total. The van der Waals surface area contributed by atoms with Gasteiger partial charge in [0.25, 0.3) is 0 Å². The third kappa shape index (κ3) is 25.8. The van der Waals surface area contributed by atoms with Crippen LogP contribution in [0.3, 0.4) is 0 Å². The zero-order valence-electron chi connectivity index (χ0n) is 27.2. The molecule has 0 saturated heterocycles. The Bertz CT molecular complexity index is 594. The zero-order chi connectivity index (χ0) is 27.9. The molecule has 0 atom stereocenters. The van der Waals surface area contributed by atoms with Crippen molar-refractivity contribution in [2.75, 3.05) is 0 Å². The highest BCUT2D eigenvalue weighted by atomic mass is 14.9. The van der Waals surface area contributed by atoms with Crippen molar-refractivity contribution in [3.8, 4) is 0 Å². The molecule has 228 valence electrons. The molecular formula is C38H72N+. The minimum atomic E-state index is 1.20. The summed E-state index contributed by atoms with van der Waals surface area (Å²) in [7, 11) is 0. The molecule has 0 aliphatic carbocycles. The quantitative estimate of drug-likeness (QED) is 0.0648. The van der Waals surface area contributed by atoms with E-state index in [1.807, 2.05) is 0 Å². The van der Waals surface area contributed by atoms with E-state index in [1.54, 1.807) is 0 Å². The zero-order valence-corrected chi connectivity index (χ0v) is 27.2. The molecule has 39 heavy (non-hydrogen) atoms. The molecule has 1 aromatic rings. The summed E-state index contributed by atoms with van der Waals surface area (Å²) in [5.41, 5.74) is 1.54. The molecule has 0 bridgehead atoms. The minimum Gasteiger partial charge on any atom is -0.205 e. The average Bonchev–Trinajstić information content (AvgIpc) is 2.95. The van der Waals surface area contributed by atoms with Crippen LogP contribution in [-0.4, -0.2) is 0 Å². The van der Waals surface area contributed by atoms with Gasteiger partial charge in [0.1, 0.15) is 6.54 Å². The van der Waals surface area contributed by atoms with Gasteiger partial charge in [-0.1, -0.05) is 181 Å². The number of nitrogens with zero attached hydrogens (tertiary/aromatic N) is 1. The summed E-state index contributed by atoms with van der Waals surface area (Å²) in [4.78, 5) is 0. The van der Waals surface area contributed by atoms with Gasteiger partial charge < -0.3 is 0 Å². The monoisotopic (exact) mass is 543 g/mol. The van der Waals surface area contributed by atoms with Crippen molar-refractivity contribution >= 4 is 0 Å². The van der Waals surface area contributed by atoms with Crippen LogP contribution in [0, 0.1) is 0 Å². The Morgan fingerprint density at radius 2 is 0.744 bits per heavy atom. The topological polar surface area (TPSA) is 3.88 Å². The highest BCUT2D eigenvalue weighted by Gasteiger charge is 2.03. The molecule has 0 aliphatic heterocycles. The number of pyridine rings is 1. The molecule has 1 heterocycles. The van der Waals surface area contributed by atoms with Crippen molar-refractivity contribution in [3.63, 3.8) is 0 Å². The van der Waals surface area contributed by atoms with Crippen LogP contribution in [0.5, 0.6) is 0 Å². The van der Waals surface area contributed by atoms with Gasteiger partial charge >= 0.3 is 0 Å². The number of hydrogen-bond acceptors (Lipinski definition) is 0. The minimum absolute atomic E-state index is 1.20. The summed E-state index contributed by atoms with van der Waals surface area (Å²) < 4.78 is 2.44. The predicted octanol–water partition coefficient (Wildman–Crippen LogP) is 12.9. The maximum Gasteiger partial charge on any atom is 0.171 e. The Morgan fingerprint density at radius 1 is 0.410 bits per heavy atom. The van der Waals surface area contributed by atoms with Crippen LogP contribution in [-0.2, 0) is 13.0 Å². The summed E-state index contributed by atoms with van der Waals surface area (Å²) in [5, 5.41) is 0. The van der Waals surface area contributed by atoms with E-state index in [0.717, 1.165) is 0 Å². The van der Waals surface area contributed by atoms with E-state index in [1.165, 1.54) is 205 Å². The molecule has 0 amide bonds. The van der Waals surface area contributed by atoms with Gasteiger partial charge in [-0.2, -0.15) is 0 Å². The lowest BCUT2D eigenvalue weighted by atomic mass is 10.0. The lowest BCUT2D eigenvalue weighted by molar-refractivity contribution is -0.697. The fourth-order valence-corrected chi connectivity index (χ4v) is 6.05. The lowest BCUT2D eigenvalue weighted by Gasteiger charge is -2.04. The van der Waals surface area contributed by atoms with Gasteiger partial charge in [-0.15, -0.1) is 0 Å². The first-order valence-electron chi connectivity index (χ1n) is 18.3. The van der Waals surface area contributed by atoms with Gasteiger partial charge in [0, 0.05) is 18.1 Å². The summed E-state index contributed by atoms with van der Waals surface area (Å²) >= 11 is 0. The fraction of sp³-hybridized carbons (Fsp3) is 0.868. The first kappa shape index (κ1) is 36.2. The van der Waals surface area contributed by atoms with Gasteiger partial charge in [-0.25, -0.2) is 4.57 Å². The Labute approximate surface area is 247 Å². The van der Waals surface area contributed by atoms with Crippen LogP contribution in [0.2, 0.25) is 0 Å². The highest BCUT2D eigenvalue weighted by Crippen LogP contribution is 2.15. The van der Waals surface area contributed by atoms with Crippen LogP contribution in [0.15, 0.2) is 24.5 Å². The van der Waals surface area contributed by atoms with Crippen LogP contribution in [0.1, 0.15) is 206 Å². The molecule has 0 saturated carbocycles. The number of aromatic nitrogens is 1. The smallest absolute Gasteiger partial charge is 0.171 e. The molecule has 0 radical (unpaired) electrons. The van der Waals surface area contributed by atoms with Gasteiger partial charge in [0.05, 0.1) is 0 Å². The standard InChI is InChI=1S/C38H72N/c1-3-5-7-9-11-13-15-17-18-19-20-21-22-24-26-28-30-33-38-34-32-36-39(37-38)35-31-29-27-25-23-16-14-12-10-8-6-4-2/h32,34,36-37H,3-31,33,35H2,1-2H3/q+1. The van der Waals surface area contributed by atoms with Gasteiger partial charge in [-0.3, -0.25) is 0 Å². The predicted molar refractivity (Wildman–Crippen MR) is 176 cm³/mol. The summed E-state index contributed by atoms with van der Waals surface area (Å²) in [6.07, 6.45) is 47.8. The Hall–Kier alpha value is -0.850. The highest BCUT2D eigenvalue weighted by molar-refractivity contribution is 5.05. The van der Waals surface area contributed by atoms with E-state index in [4.69, 9.17) is 0 Å². The Balaban J connectivity index is 1.86. The molecule has 0 aromatic carbocycles. The molecular weight excluding hydrogens is 470 g/mol. The second-order valence-electron chi connectivity index (χ2n) is 12.7. The van der Waals surface area contributed by atoms with Gasteiger partial charge in [0.15, 0.2) is 12.4 Å². The van der Waals surface area contributed by atoms with Crippen LogP contribution >= 0.6 is 0 Å². The van der Waals surface area contributed by atoms with E-state index >= 15 is 0 Å². The van der Waals surface area contributed by atoms with Gasteiger partial charge in [0.2, 0.25) is 0 Å². The third-order valence-corrected chi connectivity index (χ3v) is 8.76. The fourth-order valence-electron chi connectivity index (χ4n) is 6.05. The van der Waals surface area contributed by atoms with Gasteiger partial charge in [-0.05, 0) is 25.3 Å². The molecule has 0 fully saturated rings. The van der Waals surface area contributed by atoms with E-state index in [2.05, 4.69) is 42.9 Å². The Kier molecular flexibility index (Phi) is 27.9. The van der Waals surface area contributed by atoms with Crippen molar-refractivity contribution in [1.29, 1.82) is 0 Å². The van der Waals surface area contributed by atoms with Crippen molar-refractivity contribution in [2.45, 2.75) is 213 Å². The number of aryl methyl sites for hydroxylation is 2. The van der Waals surface area contributed by atoms with E-state index in [0.29, 0.717) is 0 Å². The maximum absolute atomic E-state index is 2.44. The molecule has 0 N–H and O–H groups in total. The van der Waals surface area contributed by atoms with Crippen molar-refractivity contribution in [2.24, 2.45) is 0 Å². The van der Waals surface area contributed by atoms with E-state index in [-0.39, 0.29) is 0 Å². The number of rotatable bonds is 31. The van der Waals surface area contributed by atoms with E-state index in [9.17, 15) is 0 Å². The average molecular weight is 543 g/mol. The molecule has 1 heteroatoms. The van der Waals surface area contributed by atoms with Crippen LogP contribution in [0.25, 0.3) is 0 Å². The SMILES string of the molecule is CCCCCCCCCCCCCCCCCCCc1ccc[n+](CCCCCCCCCCCCCC)c1. The first-order valence-corrected chi connectivity index (χ1v) is 18.3. The van der Waals surface area contributed by atoms with E-state index < -0.39 is 0 Å². The number of unbranched alkanes of at least 4 members (excludes halogenated alkanes) is 27. The largest absolute Gasteiger partial charge is 0.205 e. The van der Waals surface area contributed by atoms with Crippen molar-refractivity contribution < 1.29 is 4.57 Å². The molecule has 1 rings (SSSR count). The molecule has 0 spiro atoms. The summed E-state index contributed by atoms with van der Waals surface area (Å²) in [6.45, 7) is 5.81.